The monoisotopic (exact) mass is 289 g/mol. The Labute approximate surface area is 121 Å². The van der Waals surface area contributed by atoms with E-state index in [4.69, 9.17) is 5.73 Å². The number of pyridine rings is 1. The van der Waals surface area contributed by atoms with Gasteiger partial charge in [-0.05, 0) is 31.2 Å². The molecule has 0 radical (unpaired) electrons. The van der Waals surface area contributed by atoms with Crippen molar-refractivity contribution in [2.24, 2.45) is 5.73 Å². The number of aromatic nitrogens is 1. The van der Waals surface area contributed by atoms with Gasteiger partial charge in [-0.25, -0.2) is 4.39 Å². The SMILES string of the molecule is NCCCN(C(=O)c1c[nH]ccc1=O)c1cccc(F)c1. The molecule has 0 aliphatic heterocycles. The minimum absolute atomic E-state index is 0.0128. The first-order valence-electron chi connectivity index (χ1n) is 6.58. The van der Waals surface area contributed by atoms with Gasteiger partial charge in [0.25, 0.3) is 5.91 Å². The maximum Gasteiger partial charge on any atom is 0.263 e. The number of halogens is 1. The fourth-order valence-corrected chi connectivity index (χ4v) is 1.97. The van der Waals surface area contributed by atoms with Crippen LogP contribution in [0.3, 0.4) is 0 Å². The van der Waals surface area contributed by atoms with E-state index in [1.807, 2.05) is 0 Å². The van der Waals surface area contributed by atoms with E-state index in [0.717, 1.165) is 0 Å². The fraction of sp³-hybridized carbons (Fsp3) is 0.200. The summed E-state index contributed by atoms with van der Waals surface area (Å²) >= 11 is 0. The van der Waals surface area contributed by atoms with Crippen LogP contribution in [0.1, 0.15) is 16.8 Å². The molecule has 3 N–H and O–H groups in total. The Morgan fingerprint density at radius 3 is 2.81 bits per heavy atom. The molecule has 0 bridgehead atoms. The molecule has 1 aromatic carbocycles. The molecule has 6 heteroatoms. The molecule has 0 aliphatic carbocycles. The quantitative estimate of drug-likeness (QED) is 0.875. The fourth-order valence-electron chi connectivity index (χ4n) is 1.97. The van der Waals surface area contributed by atoms with Crippen LogP contribution in [0.5, 0.6) is 0 Å². The molecule has 2 rings (SSSR count). The Balaban J connectivity index is 2.38. The number of nitrogens with two attached hydrogens (primary N) is 1. The zero-order valence-electron chi connectivity index (χ0n) is 11.4. The first-order chi connectivity index (χ1) is 10.1. The molecule has 0 aliphatic rings. The Kier molecular flexibility index (Phi) is 4.84. The number of hydrogen-bond donors (Lipinski definition) is 2. The molecule has 5 nitrogen and oxygen atoms in total. The van der Waals surface area contributed by atoms with Crippen molar-refractivity contribution in [1.29, 1.82) is 0 Å². The van der Waals surface area contributed by atoms with Gasteiger partial charge < -0.3 is 15.6 Å². The van der Waals surface area contributed by atoms with Crippen LogP contribution in [0.4, 0.5) is 10.1 Å². The average Bonchev–Trinajstić information content (AvgIpc) is 2.48. The highest BCUT2D eigenvalue weighted by molar-refractivity contribution is 6.05. The van der Waals surface area contributed by atoms with Crippen molar-refractivity contribution in [1.82, 2.24) is 4.98 Å². The van der Waals surface area contributed by atoms with Gasteiger partial charge in [-0.3, -0.25) is 9.59 Å². The summed E-state index contributed by atoms with van der Waals surface area (Å²) < 4.78 is 13.4. The lowest BCUT2D eigenvalue weighted by Gasteiger charge is -2.22. The highest BCUT2D eigenvalue weighted by atomic mass is 19.1. The van der Waals surface area contributed by atoms with Crippen molar-refractivity contribution >= 4 is 11.6 Å². The summed E-state index contributed by atoms with van der Waals surface area (Å²) in [5.74, 6) is -0.920. The molecule has 0 spiro atoms. The Bertz CT molecular complexity index is 684. The summed E-state index contributed by atoms with van der Waals surface area (Å²) in [6.07, 6.45) is 3.35. The molecule has 110 valence electrons. The highest BCUT2D eigenvalue weighted by Crippen LogP contribution is 2.17. The molecular weight excluding hydrogens is 273 g/mol. The van der Waals surface area contributed by atoms with Gasteiger partial charge in [-0.15, -0.1) is 0 Å². The zero-order valence-corrected chi connectivity index (χ0v) is 11.4. The van der Waals surface area contributed by atoms with Crippen LogP contribution in [0.25, 0.3) is 0 Å². The lowest BCUT2D eigenvalue weighted by molar-refractivity contribution is 0.0985. The van der Waals surface area contributed by atoms with Gasteiger partial charge in [0.05, 0.1) is 0 Å². The van der Waals surface area contributed by atoms with E-state index < -0.39 is 11.7 Å². The summed E-state index contributed by atoms with van der Waals surface area (Å²) in [5, 5.41) is 0. The molecule has 2 aromatic rings. The van der Waals surface area contributed by atoms with Gasteiger partial charge in [0.2, 0.25) is 0 Å². The second kappa shape index (κ2) is 6.81. The molecule has 21 heavy (non-hydrogen) atoms. The Morgan fingerprint density at radius 2 is 2.14 bits per heavy atom. The van der Waals surface area contributed by atoms with Crippen molar-refractivity contribution in [3.05, 3.63) is 64.3 Å². The zero-order chi connectivity index (χ0) is 15.2. The number of amides is 1. The summed E-state index contributed by atoms with van der Waals surface area (Å²) in [4.78, 5) is 28.4. The number of benzene rings is 1. The first-order valence-corrected chi connectivity index (χ1v) is 6.58. The van der Waals surface area contributed by atoms with Crippen LogP contribution >= 0.6 is 0 Å². The standard InChI is InChI=1S/C15H16FN3O2/c16-11-3-1-4-12(9-11)19(8-2-6-17)15(21)13-10-18-7-5-14(13)20/h1,3-5,7,9-10H,2,6,8,17H2,(H,18,20). The van der Waals surface area contributed by atoms with Crippen LogP contribution in [0.2, 0.25) is 0 Å². The number of H-pyrrole nitrogens is 1. The summed E-state index contributed by atoms with van der Waals surface area (Å²) in [6.45, 7) is 0.706. The van der Waals surface area contributed by atoms with Crippen molar-refractivity contribution in [3.8, 4) is 0 Å². The second-order valence-corrected chi connectivity index (χ2v) is 4.50. The van der Waals surface area contributed by atoms with E-state index in [9.17, 15) is 14.0 Å². The molecule has 0 atom stereocenters. The molecule has 0 saturated heterocycles. The topological polar surface area (TPSA) is 79.2 Å². The van der Waals surface area contributed by atoms with Gasteiger partial charge >= 0.3 is 0 Å². The van der Waals surface area contributed by atoms with Gasteiger partial charge in [0.15, 0.2) is 5.43 Å². The number of nitrogens with one attached hydrogen (secondary N) is 1. The summed E-state index contributed by atoms with van der Waals surface area (Å²) in [6, 6.07) is 6.97. The predicted molar refractivity (Wildman–Crippen MR) is 78.8 cm³/mol. The number of aromatic amines is 1. The smallest absolute Gasteiger partial charge is 0.263 e. The van der Waals surface area contributed by atoms with Gasteiger partial charge in [0.1, 0.15) is 11.4 Å². The van der Waals surface area contributed by atoms with E-state index in [1.54, 1.807) is 6.07 Å². The van der Waals surface area contributed by atoms with Crippen LogP contribution in [0, 0.1) is 5.82 Å². The lowest BCUT2D eigenvalue weighted by Crippen LogP contribution is -2.35. The third kappa shape index (κ3) is 3.55. The molecule has 0 saturated carbocycles. The van der Waals surface area contributed by atoms with E-state index in [1.165, 1.54) is 41.6 Å². The number of carbonyl (C=O) groups is 1. The highest BCUT2D eigenvalue weighted by Gasteiger charge is 2.20. The minimum atomic E-state index is -0.476. The third-order valence-corrected chi connectivity index (χ3v) is 3.01. The number of hydrogen-bond acceptors (Lipinski definition) is 3. The number of carbonyl (C=O) groups excluding carboxylic acids is 1. The van der Waals surface area contributed by atoms with E-state index >= 15 is 0 Å². The van der Waals surface area contributed by atoms with Crippen LogP contribution in [-0.2, 0) is 0 Å². The van der Waals surface area contributed by atoms with Crippen LogP contribution < -0.4 is 16.1 Å². The van der Waals surface area contributed by atoms with Crippen molar-refractivity contribution in [2.75, 3.05) is 18.0 Å². The third-order valence-electron chi connectivity index (χ3n) is 3.01. The van der Waals surface area contributed by atoms with Gasteiger partial charge in [-0.2, -0.15) is 0 Å². The number of nitrogens with zero attached hydrogens (tertiary/aromatic N) is 1. The van der Waals surface area contributed by atoms with Crippen molar-refractivity contribution < 1.29 is 9.18 Å². The molecule has 1 amide bonds. The largest absolute Gasteiger partial charge is 0.367 e. The molecular formula is C15H16FN3O2. The second-order valence-electron chi connectivity index (χ2n) is 4.50. The normalized spacial score (nSPS) is 10.4. The summed E-state index contributed by atoms with van der Waals surface area (Å²) in [7, 11) is 0. The maximum atomic E-state index is 13.4. The van der Waals surface area contributed by atoms with E-state index in [0.29, 0.717) is 25.2 Å². The maximum absolute atomic E-state index is 13.4. The number of anilines is 1. The Hall–Kier alpha value is -2.47. The van der Waals surface area contributed by atoms with Crippen molar-refractivity contribution in [2.45, 2.75) is 6.42 Å². The van der Waals surface area contributed by atoms with Gasteiger partial charge in [0, 0.05) is 30.7 Å². The van der Waals surface area contributed by atoms with E-state index in [-0.39, 0.29) is 11.0 Å². The van der Waals surface area contributed by atoms with E-state index in [2.05, 4.69) is 4.98 Å². The molecule has 0 unspecified atom stereocenters. The van der Waals surface area contributed by atoms with Crippen LogP contribution in [0.15, 0.2) is 47.5 Å². The first kappa shape index (κ1) is 14.9. The number of rotatable bonds is 5. The summed E-state index contributed by atoms with van der Waals surface area (Å²) in [5.41, 5.74) is 5.50. The molecule has 1 aromatic heterocycles. The lowest BCUT2D eigenvalue weighted by atomic mass is 10.2. The molecule has 1 heterocycles. The molecule has 0 fully saturated rings. The Morgan fingerprint density at radius 1 is 1.33 bits per heavy atom. The minimum Gasteiger partial charge on any atom is -0.367 e. The predicted octanol–water partition coefficient (Wildman–Crippen LogP) is 1.51. The van der Waals surface area contributed by atoms with Gasteiger partial charge in [-0.1, -0.05) is 6.07 Å². The average molecular weight is 289 g/mol. The van der Waals surface area contributed by atoms with Crippen LogP contribution in [-0.4, -0.2) is 24.0 Å². The van der Waals surface area contributed by atoms with Crippen molar-refractivity contribution in [3.63, 3.8) is 0 Å².